The van der Waals surface area contributed by atoms with Crippen LogP contribution in [-0.2, 0) is 15.7 Å². The number of carbonyl (C=O) groups excluding carboxylic acids is 1. The number of hydrogen-bond donors (Lipinski definition) is 0. The van der Waals surface area contributed by atoms with Crippen LogP contribution in [0.5, 0.6) is 0 Å². The van der Waals surface area contributed by atoms with Crippen molar-refractivity contribution in [2.24, 2.45) is 0 Å². The second kappa shape index (κ2) is 6.43. The molecule has 1 rings (SSSR count). The summed E-state index contributed by atoms with van der Waals surface area (Å²) in [6, 6.07) is 3.14. The van der Waals surface area contributed by atoms with Gasteiger partial charge in [0.1, 0.15) is 0 Å². The minimum Gasteiger partial charge on any atom is -0.462 e. The van der Waals surface area contributed by atoms with Crippen molar-refractivity contribution in [2.75, 3.05) is 0 Å². The molecule has 0 aliphatic rings. The predicted molar refractivity (Wildman–Crippen MR) is 67.7 cm³/mol. The van der Waals surface area contributed by atoms with E-state index in [1.807, 2.05) is 0 Å². The second-order valence-corrected chi connectivity index (χ2v) is 4.58. The molecule has 22 heavy (non-hydrogen) atoms. The Balaban J connectivity index is 3.37. The molecule has 0 bridgehead atoms. The summed E-state index contributed by atoms with van der Waals surface area (Å²) in [6.07, 6.45) is -5.35. The summed E-state index contributed by atoms with van der Waals surface area (Å²) in [7, 11) is 0. The van der Waals surface area contributed by atoms with E-state index in [-0.39, 0.29) is 0 Å². The molecule has 9 heteroatoms. The van der Waals surface area contributed by atoms with E-state index in [9.17, 15) is 28.1 Å². The number of esters is 1. The zero-order chi connectivity index (χ0) is 17.1. The maximum atomic E-state index is 12.6. The molecule has 0 amide bonds. The largest absolute Gasteiger partial charge is 0.462 e. The molecule has 0 N–H and O–H groups in total. The van der Waals surface area contributed by atoms with Crippen LogP contribution in [-0.4, -0.2) is 17.0 Å². The first kappa shape index (κ1) is 17.4. The van der Waals surface area contributed by atoms with E-state index in [0.29, 0.717) is 12.1 Å². The van der Waals surface area contributed by atoms with Gasteiger partial charge in [0, 0.05) is 6.07 Å². The first-order chi connectivity index (χ1) is 10.1. The summed E-state index contributed by atoms with van der Waals surface area (Å²) in [4.78, 5) is 21.6. The zero-order valence-electron chi connectivity index (χ0n) is 11.5. The molecule has 1 aromatic rings. The number of nitrogens with zero attached hydrogens (tertiary/aromatic N) is 2. The van der Waals surface area contributed by atoms with Gasteiger partial charge in [-0.1, -0.05) is 0 Å². The maximum absolute atomic E-state index is 12.6. The number of alkyl halides is 3. The SMILES string of the molecule is CC(C)OC(=O)C(C#N)c1ccc(C(F)(F)F)cc1[N+](=O)[O-]. The number of nitriles is 1. The van der Waals surface area contributed by atoms with Crippen LogP contribution >= 0.6 is 0 Å². The molecule has 0 aliphatic carbocycles. The van der Waals surface area contributed by atoms with Gasteiger partial charge in [-0.15, -0.1) is 0 Å². The summed E-state index contributed by atoms with van der Waals surface area (Å²) in [5, 5.41) is 19.9. The van der Waals surface area contributed by atoms with Crippen LogP contribution in [0.1, 0.15) is 30.9 Å². The number of halogens is 3. The number of nitro benzene ring substituents is 1. The molecule has 1 unspecified atom stereocenters. The van der Waals surface area contributed by atoms with Gasteiger partial charge in [0.15, 0.2) is 5.92 Å². The lowest BCUT2D eigenvalue weighted by Crippen LogP contribution is -2.20. The van der Waals surface area contributed by atoms with Crippen LogP contribution < -0.4 is 0 Å². The van der Waals surface area contributed by atoms with E-state index >= 15 is 0 Å². The average Bonchev–Trinajstić information content (AvgIpc) is 2.37. The van der Waals surface area contributed by atoms with Crippen molar-refractivity contribution in [3.05, 3.63) is 39.4 Å². The predicted octanol–water partition coefficient (Wildman–Crippen LogP) is 3.17. The molecule has 0 spiro atoms. The highest BCUT2D eigenvalue weighted by Crippen LogP contribution is 2.35. The van der Waals surface area contributed by atoms with Crippen molar-refractivity contribution in [1.29, 1.82) is 5.26 Å². The van der Waals surface area contributed by atoms with E-state index in [1.165, 1.54) is 19.9 Å². The summed E-state index contributed by atoms with van der Waals surface area (Å²) >= 11 is 0. The molecule has 0 heterocycles. The van der Waals surface area contributed by atoms with Gasteiger partial charge in [0.05, 0.1) is 28.2 Å². The summed E-state index contributed by atoms with van der Waals surface area (Å²) in [5.74, 6) is -2.73. The van der Waals surface area contributed by atoms with Crippen LogP contribution in [0.3, 0.4) is 0 Å². The summed E-state index contributed by atoms with van der Waals surface area (Å²) < 4.78 is 42.6. The Labute approximate surface area is 123 Å². The van der Waals surface area contributed by atoms with Gasteiger partial charge in [0.25, 0.3) is 5.69 Å². The topological polar surface area (TPSA) is 93.2 Å². The highest BCUT2D eigenvalue weighted by molar-refractivity contribution is 5.83. The third-order valence-corrected chi connectivity index (χ3v) is 2.58. The third kappa shape index (κ3) is 3.94. The molecule has 0 fully saturated rings. The van der Waals surface area contributed by atoms with Gasteiger partial charge in [-0.05, 0) is 26.0 Å². The average molecular weight is 316 g/mol. The first-order valence-corrected chi connectivity index (χ1v) is 6.03. The number of nitro groups is 1. The molecule has 118 valence electrons. The smallest absolute Gasteiger partial charge is 0.416 e. The molecule has 0 aliphatic heterocycles. The molecular formula is C13H11F3N2O4. The van der Waals surface area contributed by atoms with Gasteiger partial charge in [-0.25, -0.2) is 0 Å². The van der Waals surface area contributed by atoms with Gasteiger partial charge < -0.3 is 4.74 Å². The van der Waals surface area contributed by atoms with Crippen LogP contribution in [0.2, 0.25) is 0 Å². The molecule has 0 saturated carbocycles. The lowest BCUT2D eigenvalue weighted by atomic mass is 9.97. The Hall–Kier alpha value is -2.63. The third-order valence-electron chi connectivity index (χ3n) is 2.58. The second-order valence-electron chi connectivity index (χ2n) is 4.58. The van der Waals surface area contributed by atoms with E-state index in [4.69, 9.17) is 10.00 Å². The monoisotopic (exact) mass is 316 g/mol. The normalized spacial score (nSPS) is 12.6. The van der Waals surface area contributed by atoms with Crippen molar-refractivity contribution >= 4 is 11.7 Å². The van der Waals surface area contributed by atoms with Crippen LogP contribution in [0.25, 0.3) is 0 Å². The van der Waals surface area contributed by atoms with E-state index in [2.05, 4.69) is 0 Å². The first-order valence-electron chi connectivity index (χ1n) is 6.03. The van der Waals surface area contributed by atoms with Gasteiger partial charge in [-0.3, -0.25) is 14.9 Å². The molecule has 0 aromatic heterocycles. The van der Waals surface area contributed by atoms with Crippen molar-refractivity contribution in [1.82, 2.24) is 0 Å². The number of rotatable bonds is 4. The fourth-order valence-electron chi connectivity index (χ4n) is 1.67. The Morgan fingerprint density at radius 2 is 2.00 bits per heavy atom. The lowest BCUT2D eigenvalue weighted by molar-refractivity contribution is -0.385. The Bertz CT molecular complexity index is 635. The maximum Gasteiger partial charge on any atom is 0.416 e. The van der Waals surface area contributed by atoms with Gasteiger partial charge >= 0.3 is 12.1 Å². The quantitative estimate of drug-likeness (QED) is 0.483. The molecule has 1 atom stereocenters. The fourth-order valence-corrected chi connectivity index (χ4v) is 1.67. The molecular weight excluding hydrogens is 305 g/mol. The standard InChI is InChI=1S/C13H11F3N2O4/c1-7(2)22-12(19)10(6-17)9-4-3-8(13(14,15)16)5-11(9)18(20)21/h3-5,7,10H,1-2H3. The number of ether oxygens (including phenoxy) is 1. The Morgan fingerprint density at radius 1 is 1.41 bits per heavy atom. The Kier molecular flexibility index (Phi) is 5.09. The van der Waals surface area contributed by atoms with E-state index < -0.39 is 45.9 Å². The number of carbonyl (C=O) groups is 1. The molecule has 0 saturated heterocycles. The summed E-state index contributed by atoms with van der Waals surface area (Å²) in [6.45, 7) is 3.01. The van der Waals surface area contributed by atoms with Crippen molar-refractivity contribution in [3.8, 4) is 6.07 Å². The molecule has 6 nitrogen and oxygen atoms in total. The van der Waals surface area contributed by atoms with E-state index in [0.717, 1.165) is 6.07 Å². The zero-order valence-corrected chi connectivity index (χ0v) is 11.5. The number of hydrogen-bond acceptors (Lipinski definition) is 5. The van der Waals surface area contributed by atoms with Crippen molar-refractivity contribution < 1.29 is 27.6 Å². The van der Waals surface area contributed by atoms with E-state index in [1.54, 1.807) is 0 Å². The number of benzene rings is 1. The van der Waals surface area contributed by atoms with Crippen molar-refractivity contribution in [3.63, 3.8) is 0 Å². The minimum atomic E-state index is -4.77. The van der Waals surface area contributed by atoms with Gasteiger partial charge in [-0.2, -0.15) is 18.4 Å². The molecule has 0 radical (unpaired) electrons. The minimum absolute atomic E-state index is 0.294. The van der Waals surface area contributed by atoms with Gasteiger partial charge in [0.2, 0.25) is 0 Å². The Morgan fingerprint density at radius 3 is 2.41 bits per heavy atom. The highest BCUT2D eigenvalue weighted by atomic mass is 19.4. The highest BCUT2D eigenvalue weighted by Gasteiger charge is 2.36. The van der Waals surface area contributed by atoms with Crippen molar-refractivity contribution in [2.45, 2.75) is 32.0 Å². The summed E-state index contributed by atoms with van der Waals surface area (Å²) in [5.41, 5.74) is -2.63. The fraction of sp³-hybridized carbons (Fsp3) is 0.385. The van der Waals surface area contributed by atoms with Crippen LogP contribution in [0.15, 0.2) is 18.2 Å². The van der Waals surface area contributed by atoms with Crippen LogP contribution in [0, 0.1) is 21.4 Å². The lowest BCUT2D eigenvalue weighted by Gasteiger charge is -2.14. The van der Waals surface area contributed by atoms with Crippen LogP contribution in [0.4, 0.5) is 18.9 Å². The molecule has 1 aromatic carbocycles.